The maximum absolute atomic E-state index is 14.5. The third-order valence-electron chi connectivity index (χ3n) is 5.54. The van der Waals surface area contributed by atoms with Gasteiger partial charge in [0.2, 0.25) is 10.0 Å². The largest absolute Gasteiger partial charge is 0.383 e. The van der Waals surface area contributed by atoms with Crippen LogP contribution in [0.25, 0.3) is 10.2 Å². The summed E-state index contributed by atoms with van der Waals surface area (Å²) < 4.78 is 68.1. The predicted octanol–water partition coefficient (Wildman–Crippen LogP) is 3.17. The molecule has 2 atom stereocenters. The Hall–Kier alpha value is -2.51. The zero-order chi connectivity index (χ0) is 25.3. The van der Waals surface area contributed by atoms with E-state index in [2.05, 4.69) is 4.99 Å². The third-order valence-corrected chi connectivity index (χ3v) is 8.41. The molecule has 35 heavy (non-hydrogen) atoms. The maximum Gasteiger partial charge on any atom is 0.279 e. The van der Waals surface area contributed by atoms with E-state index in [1.165, 1.54) is 46.3 Å². The molecule has 0 spiro atoms. The van der Waals surface area contributed by atoms with Gasteiger partial charge < -0.3 is 14.0 Å². The lowest BCUT2D eigenvalue weighted by molar-refractivity contribution is -0.0440. The number of amides is 1. The Morgan fingerprint density at radius 2 is 1.83 bits per heavy atom. The number of hydrogen-bond donors (Lipinski definition) is 0. The van der Waals surface area contributed by atoms with Crippen LogP contribution in [-0.4, -0.2) is 62.2 Å². The Kier molecular flexibility index (Phi) is 7.48. The zero-order valence-corrected chi connectivity index (χ0v) is 21.0. The molecule has 12 heteroatoms. The van der Waals surface area contributed by atoms with Crippen molar-refractivity contribution in [1.82, 2.24) is 8.87 Å². The number of hydrogen-bond acceptors (Lipinski definition) is 6. The molecule has 1 fully saturated rings. The van der Waals surface area contributed by atoms with E-state index in [1.807, 2.05) is 13.8 Å². The number of aromatic nitrogens is 1. The second-order valence-corrected chi connectivity index (χ2v) is 11.2. The fourth-order valence-corrected chi connectivity index (χ4v) is 6.69. The van der Waals surface area contributed by atoms with Crippen LogP contribution < -0.4 is 4.80 Å². The van der Waals surface area contributed by atoms with Crippen molar-refractivity contribution in [3.05, 3.63) is 58.4 Å². The Morgan fingerprint density at radius 1 is 1.17 bits per heavy atom. The molecule has 2 aromatic carbocycles. The molecule has 0 aliphatic carbocycles. The van der Waals surface area contributed by atoms with Gasteiger partial charge in [-0.3, -0.25) is 4.79 Å². The first-order chi connectivity index (χ1) is 16.6. The maximum atomic E-state index is 14.5. The number of rotatable bonds is 6. The van der Waals surface area contributed by atoms with Gasteiger partial charge in [0.05, 0.1) is 33.9 Å². The molecule has 0 radical (unpaired) electrons. The summed E-state index contributed by atoms with van der Waals surface area (Å²) in [5, 5.41) is 0. The number of carbonyl (C=O) groups is 1. The van der Waals surface area contributed by atoms with Gasteiger partial charge in [-0.25, -0.2) is 17.2 Å². The molecular formula is C23H25F2N3O5S2. The van der Waals surface area contributed by atoms with Gasteiger partial charge >= 0.3 is 0 Å². The first-order valence-corrected chi connectivity index (χ1v) is 13.2. The van der Waals surface area contributed by atoms with Gasteiger partial charge in [0.15, 0.2) is 10.6 Å². The van der Waals surface area contributed by atoms with E-state index in [4.69, 9.17) is 9.47 Å². The van der Waals surface area contributed by atoms with Crippen LogP contribution in [0.5, 0.6) is 0 Å². The first kappa shape index (κ1) is 25.6. The van der Waals surface area contributed by atoms with Crippen molar-refractivity contribution in [3.8, 4) is 0 Å². The number of fused-ring (bicyclic) bond motifs is 1. The van der Waals surface area contributed by atoms with Gasteiger partial charge in [-0.15, -0.1) is 0 Å². The molecule has 1 aliphatic rings. The summed E-state index contributed by atoms with van der Waals surface area (Å²) in [5.74, 6) is -2.13. The molecule has 8 nitrogen and oxygen atoms in total. The highest BCUT2D eigenvalue weighted by molar-refractivity contribution is 7.89. The van der Waals surface area contributed by atoms with Crippen molar-refractivity contribution in [2.24, 2.45) is 4.99 Å². The Labute approximate surface area is 205 Å². The highest BCUT2D eigenvalue weighted by atomic mass is 32.2. The molecule has 2 unspecified atom stereocenters. The number of sulfonamides is 1. The smallest absolute Gasteiger partial charge is 0.279 e. The number of methoxy groups -OCH3 is 1. The number of thiazole rings is 1. The average Bonchev–Trinajstić information content (AvgIpc) is 3.13. The minimum absolute atomic E-state index is 0.0601. The summed E-state index contributed by atoms with van der Waals surface area (Å²) in [7, 11) is -2.27. The van der Waals surface area contributed by atoms with Crippen LogP contribution in [0, 0.1) is 11.6 Å². The van der Waals surface area contributed by atoms with Gasteiger partial charge in [0.25, 0.3) is 5.91 Å². The lowest BCUT2D eigenvalue weighted by Gasteiger charge is -2.34. The number of benzene rings is 2. The minimum atomic E-state index is -3.75. The normalized spacial score (nSPS) is 20.0. The molecule has 1 amide bonds. The number of ether oxygens (including phenoxy) is 2. The summed E-state index contributed by atoms with van der Waals surface area (Å²) >= 11 is 0.978. The van der Waals surface area contributed by atoms with Gasteiger partial charge in [-0.05, 0) is 44.2 Å². The molecule has 0 bridgehead atoms. The van der Waals surface area contributed by atoms with Gasteiger partial charge in [0, 0.05) is 38.4 Å². The number of carbonyl (C=O) groups excluding carboxylic acids is 1. The van der Waals surface area contributed by atoms with Crippen LogP contribution in [0.15, 0.2) is 46.3 Å². The highest BCUT2D eigenvalue weighted by Crippen LogP contribution is 2.24. The molecule has 0 N–H and O–H groups in total. The van der Waals surface area contributed by atoms with E-state index >= 15 is 0 Å². The Balaban J connectivity index is 1.65. The molecule has 4 rings (SSSR count). The molecule has 0 saturated carbocycles. The molecule has 1 saturated heterocycles. The minimum Gasteiger partial charge on any atom is -0.383 e. The molecule has 3 aromatic rings. The first-order valence-electron chi connectivity index (χ1n) is 10.9. The van der Waals surface area contributed by atoms with Crippen molar-refractivity contribution in [1.29, 1.82) is 0 Å². The van der Waals surface area contributed by atoms with Crippen molar-refractivity contribution in [2.75, 3.05) is 26.8 Å². The van der Waals surface area contributed by atoms with Crippen molar-refractivity contribution in [2.45, 2.75) is 37.5 Å². The van der Waals surface area contributed by atoms with Gasteiger partial charge in [0.1, 0.15) is 5.82 Å². The van der Waals surface area contributed by atoms with E-state index in [1.54, 1.807) is 0 Å². The molecule has 188 valence electrons. The highest BCUT2D eigenvalue weighted by Gasteiger charge is 2.32. The fraction of sp³-hybridized carbons (Fsp3) is 0.391. The predicted molar refractivity (Wildman–Crippen MR) is 127 cm³/mol. The lowest BCUT2D eigenvalue weighted by atomic mass is 10.2. The van der Waals surface area contributed by atoms with E-state index in [9.17, 15) is 22.0 Å². The summed E-state index contributed by atoms with van der Waals surface area (Å²) in [6.45, 7) is 4.55. The average molecular weight is 526 g/mol. The van der Waals surface area contributed by atoms with E-state index in [0.29, 0.717) is 4.70 Å². The van der Waals surface area contributed by atoms with Crippen LogP contribution >= 0.6 is 11.3 Å². The third kappa shape index (κ3) is 5.36. The summed E-state index contributed by atoms with van der Waals surface area (Å²) in [4.78, 5) is 17.2. The van der Waals surface area contributed by atoms with Crippen molar-refractivity contribution < 1.29 is 31.5 Å². The van der Waals surface area contributed by atoms with Crippen LogP contribution in [0.4, 0.5) is 8.78 Å². The summed E-state index contributed by atoms with van der Waals surface area (Å²) in [6.07, 6.45) is -0.449. The Morgan fingerprint density at radius 3 is 2.46 bits per heavy atom. The number of halogens is 2. The molecule has 1 aromatic heterocycles. The monoisotopic (exact) mass is 525 g/mol. The van der Waals surface area contributed by atoms with E-state index in [0.717, 1.165) is 17.4 Å². The van der Waals surface area contributed by atoms with Gasteiger partial charge in [-0.1, -0.05) is 11.3 Å². The SMILES string of the molecule is COCCn1c(=NC(=O)c2ccc(S(=O)(=O)N3CC(C)OC(C)C3)cc2)sc2cc(F)cc(F)c21. The molecular weight excluding hydrogens is 500 g/mol. The second kappa shape index (κ2) is 10.2. The lowest BCUT2D eigenvalue weighted by Crippen LogP contribution is -2.48. The van der Waals surface area contributed by atoms with E-state index in [-0.39, 0.29) is 59.2 Å². The van der Waals surface area contributed by atoms with Gasteiger partial charge in [-0.2, -0.15) is 9.30 Å². The second-order valence-electron chi connectivity index (χ2n) is 8.28. The number of nitrogens with zero attached hydrogens (tertiary/aromatic N) is 3. The standard InChI is InChI=1S/C23H25F2N3O5S2/c1-14-12-27(13-15(2)33-14)35(30,31)18-6-4-16(5-7-18)22(29)26-23-28(8-9-32-3)21-19(25)10-17(24)11-20(21)34-23/h4-7,10-11,14-15H,8-9,12-13H2,1-3H3. The van der Waals surface area contributed by atoms with E-state index < -0.39 is 27.6 Å². The molecule has 1 aliphatic heterocycles. The zero-order valence-electron chi connectivity index (χ0n) is 19.4. The Bertz CT molecular complexity index is 1410. The van der Waals surface area contributed by atoms with Crippen molar-refractivity contribution in [3.63, 3.8) is 0 Å². The molecule has 2 heterocycles. The number of morpholine rings is 1. The quantitative estimate of drug-likeness (QED) is 0.493. The van der Waals surface area contributed by atoms with Crippen LogP contribution in [0.1, 0.15) is 24.2 Å². The fourth-order valence-electron chi connectivity index (χ4n) is 4.00. The topological polar surface area (TPSA) is 90.2 Å². The summed E-state index contributed by atoms with van der Waals surface area (Å²) in [6, 6.07) is 7.46. The summed E-state index contributed by atoms with van der Waals surface area (Å²) in [5.41, 5.74) is 0.297. The van der Waals surface area contributed by atoms with Crippen LogP contribution in [-0.2, 0) is 26.0 Å². The van der Waals surface area contributed by atoms with Crippen LogP contribution in [0.3, 0.4) is 0 Å². The van der Waals surface area contributed by atoms with Crippen LogP contribution in [0.2, 0.25) is 0 Å². The van der Waals surface area contributed by atoms with Crippen molar-refractivity contribution >= 4 is 37.5 Å².